The first-order chi connectivity index (χ1) is 10.7. The minimum Gasteiger partial charge on any atom is -0.346 e. The van der Waals surface area contributed by atoms with Crippen molar-refractivity contribution >= 4 is 17.2 Å². The number of nitrogens with one attached hydrogen (secondary N) is 2. The van der Waals surface area contributed by atoms with Gasteiger partial charge in [-0.1, -0.05) is 0 Å². The van der Waals surface area contributed by atoms with Crippen LogP contribution < -0.4 is 10.6 Å². The predicted octanol–water partition coefficient (Wildman–Crippen LogP) is 1.97. The second-order valence-corrected chi connectivity index (χ2v) is 6.78. The van der Waals surface area contributed by atoms with Gasteiger partial charge >= 0.3 is 0 Å². The molecule has 2 N–H and O–H groups in total. The molecule has 0 spiro atoms. The topological polar surface area (TPSA) is 66.9 Å². The predicted molar refractivity (Wildman–Crippen MR) is 81.1 cm³/mol. The van der Waals surface area contributed by atoms with E-state index >= 15 is 0 Å². The van der Waals surface area contributed by atoms with Gasteiger partial charge in [0.1, 0.15) is 5.82 Å². The lowest BCUT2D eigenvalue weighted by molar-refractivity contribution is 0.0930. The van der Waals surface area contributed by atoms with E-state index in [1.165, 1.54) is 36.1 Å². The lowest BCUT2D eigenvalue weighted by Gasteiger charge is -2.20. The number of fused-ring (bicyclic) bond motifs is 2. The first kappa shape index (κ1) is 13.8. The number of hydrogen-bond donors (Lipinski definition) is 2. The fourth-order valence-electron chi connectivity index (χ4n) is 3.25. The molecule has 0 unspecified atom stereocenters. The molecular weight excluding hydrogens is 303 g/mol. The Balaban J connectivity index is 1.48. The van der Waals surface area contributed by atoms with Gasteiger partial charge in [-0.25, -0.2) is 9.37 Å². The van der Waals surface area contributed by atoms with Crippen LogP contribution in [0.1, 0.15) is 29.1 Å². The Morgan fingerprint density at radius 2 is 2.32 bits per heavy atom. The van der Waals surface area contributed by atoms with Crippen molar-refractivity contribution in [2.75, 3.05) is 0 Å². The monoisotopic (exact) mass is 318 g/mol. The van der Waals surface area contributed by atoms with Crippen LogP contribution in [0, 0.1) is 5.82 Å². The molecule has 114 valence electrons. The third-order valence-corrected chi connectivity index (χ3v) is 5.31. The number of pyridine rings is 1. The number of carbonyl (C=O) groups excluding carboxylic acids is 1. The summed E-state index contributed by atoms with van der Waals surface area (Å²) in [5.41, 5.74) is 0.498. The Morgan fingerprint density at radius 3 is 3.05 bits per heavy atom. The normalized spacial score (nSPS) is 26.3. The van der Waals surface area contributed by atoms with E-state index in [9.17, 15) is 9.18 Å². The molecule has 3 atom stereocenters. The van der Waals surface area contributed by atoms with Crippen molar-refractivity contribution < 1.29 is 9.18 Å². The molecule has 0 saturated carbocycles. The number of thiazole rings is 1. The van der Waals surface area contributed by atoms with Gasteiger partial charge in [0.2, 0.25) is 0 Å². The molecule has 4 rings (SSSR count). The molecule has 2 fully saturated rings. The second-order valence-electron chi connectivity index (χ2n) is 5.75. The molecule has 2 saturated heterocycles. The Kier molecular flexibility index (Phi) is 3.38. The first-order valence-electron chi connectivity index (χ1n) is 7.34. The van der Waals surface area contributed by atoms with Crippen LogP contribution in [0.15, 0.2) is 24.5 Å². The number of carbonyl (C=O) groups is 1. The van der Waals surface area contributed by atoms with E-state index in [4.69, 9.17) is 0 Å². The summed E-state index contributed by atoms with van der Waals surface area (Å²) in [5.74, 6) is -0.510. The van der Waals surface area contributed by atoms with E-state index in [0.29, 0.717) is 27.7 Å². The molecule has 2 aliphatic rings. The lowest BCUT2D eigenvalue weighted by atomic mass is 9.95. The zero-order chi connectivity index (χ0) is 15.1. The van der Waals surface area contributed by atoms with Gasteiger partial charge in [-0.2, -0.15) is 0 Å². The van der Waals surface area contributed by atoms with E-state index in [1.807, 2.05) is 0 Å². The molecule has 5 nitrogen and oxygen atoms in total. The number of aromatic nitrogens is 2. The van der Waals surface area contributed by atoms with E-state index in [-0.39, 0.29) is 17.8 Å². The fraction of sp³-hybridized carbons (Fsp3) is 0.400. The van der Waals surface area contributed by atoms with Crippen molar-refractivity contribution in [2.45, 2.75) is 37.4 Å². The van der Waals surface area contributed by atoms with Crippen LogP contribution in [0.5, 0.6) is 0 Å². The maximum absolute atomic E-state index is 13.2. The van der Waals surface area contributed by atoms with Gasteiger partial charge in [0.15, 0.2) is 5.01 Å². The van der Waals surface area contributed by atoms with Gasteiger partial charge in [-0.15, -0.1) is 11.3 Å². The van der Waals surface area contributed by atoms with Crippen molar-refractivity contribution in [3.05, 3.63) is 35.4 Å². The minimum atomic E-state index is -0.350. The van der Waals surface area contributed by atoms with Gasteiger partial charge in [0.05, 0.1) is 10.6 Å². The van der Waals surface area contributed by atoms with Gasteiger partial charge in [-0.05, 0) is 25.3 Å². The SMILES string of the molecule is O=C(N[C@@H]1C[C@H]2CC[C@@H]1N2)c1ncc(-c2cc(F)ccn2)s1. The third kappa shape index (κ3) is 2.50. The van der Waals surface area contributed by atoms with E-state index in [1.54, 1.807) is 6.20 Å². The smallest absolute Gasteiger partial charge is 0.280 e. The maximum Gasteiger partial charge on any atom is 0.280 e. The van der Waals surface area contributed by atoms with Crippen molar-refractivity contribution in [1.82, 2.24) is 20.6 Å². The van der Waals surface area contributed by atoms with Crippen LogP contribution in [0.25, 0.3) is 10.6 Å². The number of nitrogens with zero attached hydrogens (tertiary/aromatic N) is 2. The van der Waals surface area contributed by atoms with Crippen molar-refractivity contribution in [3.8, 4) is 10.6 Å². The minimum absolute atomic E-state index is 0.160. The highest BCUT2D eigenvalue weighted by Gasteiger charge is 2.39. The molecule has 1 amide bonds. The van der Waals surface area contributed by atoms with Crippen LogP contribution in [0.3, 0.4) is 0 Å². The van der Waals surface area contributed by atoms with Crippen molar-refractivity contribution in [1.29, 1.82) is 0 Å². The highest BCUT2D eigenvalue weighted by Crippen LogP contribution is 2.29. The van der Waals surface area contributed by atoms with Gasteiger partial charge < -0.3 is 10.6 Å². The Labute approximate surface area is 131 Å². The number of rotatable bonds is 3. The van der Waals surface area contributed by atoms with E-state index in [0.717, 1.165) is 12.8 Å². The van der Waals surface area contributed by atoms with Gasteiger partial charge in [0, 0.05) is 36.6 Å². The van der Waals surface area contributed by atoms with Gasteiger partial charge in [0.25, 0.3) is 5.91 Å². The number of halogens is 1. The summed E-state index contributed by atoms with van der Waals surface area (Å²) in [5, 5.41) is 6.94. The molecule has 22 heavy (non-hydrogen) atoms. The highest BCUT2D eigenvalue weighted by atomic mass is 32.1. The summed E-state index contributed by atoms with van der Waals surface area (Å²) in [6.45, 7) is 0. The van der Waals surface area contributed by atoms with Crippen LogP contribution in [-0.4, -0.2) is 34.0 Å². The molecule has 2 bridgehead atoms. The Bertz CT molecular complexity index is 719. The highest BCUT2D eigenvalue weighted by molar-refractivity contribution is 7.16. The molecule has 2 aliphatic heterocycles. The number of hydrogen-bond acceptors (Lipinski definition) is 5. The first-order valence-corrected chi connectivity index (χ1v) is 8.15. The summed E-state index contributed by atoms with van der Waals surface area (Å²) in [4.78, 5) is 21.2. The standard InChI is InChI=1S/C15H15FN4OS/c16-8-3-4-17-12(5-8)13-7-18-15(22-13)14(21)20-11-6-9-1-2-10(11)19-9/h3-5,7,9-11,19H,1-2,6H2,(H,20,21)/t9-,10+,11-/m1/s1. The zero-order valence-electron chi connectivity index (χ0n) is 11.8. The molecule has 0 radical (unpaired) electrons. The number of amides is 1. The third-order valence-electron chi connectivity index (χ3n) is 4.29. The van der Waals surface area contributed by atoms with E-state index in [2.05, 4.69) is 20.6 Å². The zero-order valence-corrected chi connectivity index (χ0v) is 12.6. The summed E-state index contributed by atoms with van der Waals surface area (Å²) in [7, 11) is 0. The molecular formula is C15H15FN4OS. The Hall–Kier alpha value is -1.86. The molecule has 2 aromatic rings. The largest absolute Gasteiger partial charge is 0.346 e. The van der Waals surface area contributed by atoms with Crippen molar-refractivity contribution in [3.63, 3.8) is 0 Å². The van der Waals surface area contributed by atoms with E-state index < -0.39 is 0 Å². The van der Waals surface area contributed by atoms with Crippen LogP contribution in [-0.2, 0) is 0 Å². The van der Waals surface area contributed by atoms with Crippen LogP contribution in [0.4, 0.5) is 4.39 Å². The fourth-order valence-corrected chi connectivity index (χ4v) is 4.04. The maximum atomic E-state index is 13.2. The Morgan fingerprint density at radius 1 is 1.41 bits per heavy atom. The molecule has 0 aliphatic carbocycles. The van der Waals surface area contributed by atoms with Crippen molar-refractivity contribution in [2.24, 2.45) is 0 Å². The molecule has 7 heteroatoms. The van der Waals surface area contributed by atoms with Gasteiger partial charge in [-0.3, -0.25) is 9.78 Å². The summed E-state index contributed by atoms with van der Waals surface area (Å²) < 4.78 is 13.2. The second kappa shape index (κ2) is 5.40. The average molecular weight is 318 g/mol. The van der Waals surface area contributed by atoms with Crippen LogP contribution in [0.2, 0.25) is 0 Å². The summed E-state index contributed by atoms with van der Waals surface area (Å²) in [6, 6.07) is 3.75. The summed E-state index contributed by atoms with van der Waals surface area (Å²) >= 11 is 1.23. The average Bonchev–Trinajstić information content (AvgIpc) is 3.23. The quantitative estimate of drug-likeness (QED) is 0.908. The molecule has 4 heterocycles. The molecule has 0 aromatic carbocycles. The lowest BCUT2D eigenvalue weighted by Crippen LogP contribution is -2.42. The summed E-state index contributed by atoms with van der Waals surface area (Å²) in [6.07, 6.45) is 6.28. The molecule has 2 aromatic heterocycles. The van der Waals surface area contributed by atoms with Crippen LogP contribution >= 0.6 is 11.3 Å².